The lowest BCUT2D eigenvalue weighted by Crippen LogP contribution is -2.31. The highest BCUT2D eigenvalue weighted by atomic mass is 32.2. The number of hydrogen-bond acceptors (Lipinski definition) is 9. The Bertz CT molecular complexity index is 1280. The van der Waals surface area contributed by atoms with Crippen molar-refractivity contribution >= 4 is 46.7 Å². The van der Waals surface area contributed by atoms with Crippen LogP contribution in [0.3, 0.4) is 0 Å². The molecule has 202 valence electrons. The molecule has 3 rings (SSSR count). The number of nitro benzene ring substituents is 1. The standard InChI is InChI=1S/C25H30N6O5S2/c1-5-30-23(20(12-13-37-4)27-24(33)17-7-10-19(36-3)11-8-17)28-29-25(30)38-15-22(32)26-21-14-18(31(34)35)9-6-16(21)2/h6-11,14,20H,5,12-13,15H2,1-4H3,(H,26,32)(H,27,33). The first-order valence-electron chi connectivity index (χ1n) is 11.8. The molecule has 2 N–H and O–H groups in total. The van der Waals surface area contributed by atoms with E-state index in [0.717, 1.165) is 11.3 Å². The number of amides is 2. The Morgan fingerprint density at radius 2 is 1.92 bits per heavy atom. The number of thioether (sulfide) groups is 2. The maximum Gasteiger partial charge on any atom is 0.271 e. The zero-order valence-electron chi connectivity index (χ0n) is 21.6. The molecule has 0 aliphatic carbocycles. The fourth-order valence-electron chi connectivity index (χ4n) is 3.62. The molecule has 0 saturated heterocycles. The maximum atomic E-state index is 13.0. The molecule has 11 nitrogen and oxygen atoms in total. The summed E-state index contributed by atoms with van der Waals surface area (Å²) in [6, 6.07) is 10.8. The van der Waals surface area contributed by atoms with E-state index in [1.165, 1.54) is 23.9 Å². The molecule has 0 spiro atoms. The third-order valence-electron chi connectivity index (χ3n) is 5.68. The van der Waals surface area contributed by atoms with Gasteiger partial charge in [-0.2, -0.15) is 11.8 Å². The summed E-state index contributed by atoms with van der Waals surface area (Å²) in [5.74, 6) is 1.56. The smallest absolute Gasteiger partial charge is 0.271 e. The third-order valence-corrected chi connectivity index (χ3v) is 7.29. The van der Waals surface area contributed by atoms with Crippen LogP contribution in [-0.2, 0) is 11.3 Å². The molecule has 0 bridgehead atoms. The van der Waals surface area contributed by atoms with E-state index in [9.17, 15) is 19.7 Å². The van der Waals surface area contributed by atoms with Gasteiger partial charge in [-0.25, -0.2) is 0 Å². The number of benzene rings is 2. The molecule has 38 heavy (non-hydrogen) atoms. The number of nitrogens with one attached hydrogen (secondary N) is 2. The molecule has 2 amide bonds. The molecule has 0 saturated carbocycles. The number of aryl methyl sites for hydroxylation is 1. The number of rotatable bonds is 13. The summed E-state index contributed by atoms with van der Waals surface area (Å²) in [5, 5.41) is 26.1. The van der Waals surface area contributed by atoms with Crippen LogP contribution in [-0.4, -0.2) is 56.4 Å². The fourth-order valence-corrected chi connectivity index (χ4v) is 4.90. The molecule has 1 aromatic heterocycles. The lowest BCUT2D eigenvalue weighted by molar-refractivity contribution is -0.384. The number of ether oxygens (including phenoxy) is 1. The predicted molar refractivity (Wildman–Crippen MR) is 149 cm³/mol. The molecule has 1 unspecified atom stereocenters. The number of aromatic nitrogens is 3. The van der Waals surface area contributed by atoms with E-state index in [-0.39, 0.29) is 29.3 Å². The summed E-state index contributed by atoms with van der Waals surface area (Å²) < 4.78 is 7.05. The zero-order valence-corrected chi connectivity index (χ0v) is 23.2. The van der Waals surface area contributed by atoms with E-state index >= 15 is 0 Å². The molecule has 0 radical (unpaired) electrons. The SMILES string of the molecule is CCn1c(SCC(=O)Nc2cc([N+](=O)[O-])ccc2C)nnc1C(CCSC)NC(=O)c1ccc(OC)cc1. The Morgan fingerprint density at radius 1 is 1.18 bits per heavy atom. The Balaban J connectivity index is 1.72. The highest BCUT2D eigenvalue weighted by Gasteiger charge is 2.24. The van der Waals surface area contributed by atoms with E-state index in [4.69, 9.17) is 4.74 Å². The van der Waals surface area contributed by atoms with Crippen molar-refractivity contribution in [2.45, 2.75) is 38.0 Å². The quantitative estimate of drug-likeness (QED) is 0.176. The predicted octanol–water partition coefficient (Wildman–Crippen LogP) is 4.48. The average molecular weight is 559 g/mol. The maximum absolute atomic E-state index is 13.0. The van der Waals surface area contributed by atoms with E-state index in [0.29, 0.717) is 40.9 Å². The first kappa shape index (κ1) is 29.0. The van der Waals surface area contributed by atoms with Gasteiger partial charge in [0.2, 0.25) is 5.91 Å². The van der Waals surface area contributed by atoms with Crippen LogP contribution >= 0.6 is 23.5 Å². The highest BCUT2D eigenvalue weighted by molar-refractivity contribution is 7.99. The second kappa shape index (κ2) is 13.8. The summed E-state index contributed by atoms with van der Waals surface area (Å²) >= 11 is 2.87. The molecular weight excluding hydrogens is 528 g/mol. The van der Waals surface area contributed by atoms with Crippen LogP contribution in [0.5, 0.6) is 5.75 Å². The fraction of sp³-hybridized carbons (Fsp3) is 0.360. The van der Waals surface area contributed by atoms with Crippen LogP contribution in [0.1, 0.15) is 41.1 Å². The molecule has 0 fully saturated rings. The van der Waals surface area contributed by atoms with Gasteiger partial charge >= 0.3 is 0 Å². The molecule has 1 heterocycles. The zero-order chi connectivity index (χ0) is 27.7. The highest BCUT2D eigenvalue weighted by Crippen LogP contribution is 2.26. The van der Waals surface area contributed by atoms with Crippen LogP contribution in [0.15, 0.2) is 47.6 Å². The van der Waals surface area contributed by atoms with E-state index < -0.39 is 4.92 Å². The molecule has 3 aromatic rings. The second-order valence-corrected chi connectivity index (χ2v) is 10.1. The molecule has 0 aliphatic rings. The van der Waals surface area contributed by atoms with Gasteiger partial charge in [-0.1, -0.05) is 17.8 Å². The van der Waals surface area contributed by atoms with Crippen molar-refractivity contribution in [3.05, 3.63) is 69.5 Å². The summed E-state index contributed by atoms with van der Waals surface area (Å²) in [5.41, 5.74) is 1.52. The summed E-state index contributed by atoms with van der Waals surface area (Å²) in [7, 11) is 1.57. The number of methoxy groups -OCH3 is 1. The Labute approximate surface area is 229 Å². The Kier molecular flexibility index (Phi) is 10.5. The van der Waals surface area contributed by atoms with Crippen molar-refractivity contribution in [3.8, 4) is 5.75 Å². The number of carbonyl (C=O) groups excluding carboxylic acids is 2. The van der Waals surface area contributed by atoms with Crippen LogP contribution < -0.4 is 15.4 Å². The number of non-ortho nitro benzene ring substituents is 1. The van der Waals surface area contributed by atoms with Gasteiger partial charge in [-0.15, -0.1) is 10.2 Å². The van der Waals surface area contributed by atoms with Gasteiger partial charge in [0.1, 0.15) is 5.75 Å². The average Bonchev–Trinajstić information content (AvgIpc) is 3.33. The van der Waals surface area contributed by atoms with Gasteiger partial charge in [0.25, 0.3) is 11.6 Å². The Hall–Kier alpha value is -3.58. The van der Waals surface area contributed by atoms with Crippen LogP contribution in [0, 0.1) is 17.0 Å². The van der Waals surface area contributed by atoms with Crippen LogP contribution in [0.25, 0.3) is 0 Å². The van der Waals surface area contributed by atoms with Gasteiger partial charge in [0, 0.05) is 24.2 Å². The lowest BCUT2D eigenvalue weighted by atomic mass is 10.1. The van der Waals surface area contributed by atoms with Gasteiger partial charge in [0.05, 0.1) is 29.5 Å². The van der Waals surface area contributed by atoms with Gasteiger partial charge in [-0.3, -0.25) is 19.7 Å². The van der Waals surface area contributed by atoms with Crippen molar-refractivity contribution in [2.75, 3.05) is 30.2 Å². The number of anilines is 1. The summed E-state index contributed by atoms with van der Waals surface area (Å²) in [4.78, 5) is 36.1. The largest absolute Gasteiger partial charge is 0.497 e. The summed E-state index contributed by atoms with van der Waals surface area (Å²) in [6.45, 7) is 4.26. The third kappa shape index (κ3) is 7.48. The molecular formula is C25H30N6O5S2. The van der Waals surface area contributed by atoms with E-state index in [1.807, 2.05) is 17.7 Å². The van der Waals surface area contributed by atoms with Crippen molar-refractivity contribution < 1.29 is 19.2 Å². The number of nitro groups is 1. The second-order valence-electron chi connectivity index (χ2n) is 8.21. The number of hydrogen-bond donors (Lipinski definition) is 2. The van der Waals surface area contributed by atoms with Crippen molar-refractivity contribution in [1.29, 1.82) is 0 Å². The number of nitrogens with zero attached hydrogens (tertiary/aromatic N) is 4. The number of carbonyl (C=O) groups is 2. The van der Waals surface area contributed by atoms with Gasteiger partial charge < -0.3 is 19.9 Å². The van der Waals surface area contributed by atoms with E-state index in [1.54, 1.807) is 56.1 Å². The van der Waals surface area contributed by atoms with Crippen molar-refractivity contribution in [1.82, 2.24) is 20.1 Å². The van der Waals surface area contributed by atoms with Gasteiger partial charge in [-0.05, 0) is 62.1 Å². The first-order valence-corrected chi connectivity index (χ1v) is 14.2. The molecule has 0 aliphatic heterocycles. The monoisotopic (exact) mass is 558 g/mol. The van der Waals surface area contributed by atoms with E-state index in [2.05, 4.69) is 20.8 Å². The molecule has 1 atom stereocenters. The van der Waals surface area contributed by atoms with Crippen LogP contribution in [0.2, 0.25) is 0 Å². The topological polar surface area (TPSA) is 141 Å². The normalized spacial score (nSPS) is 11.6. The Morgan fingerprint density at radius 3 is 2.55 bits per heavy atom. The van der Waals surface area contributed by atoms with Crippen molar-refractivity contribution in [2.24, 2.45) is 0 Å². The molecule has 2 aromatic carbocycles. The van der Waals surface area contributed by atoms with Gasteiger partial charge in [0.15, 0.2) is 11.0 Å². The molecule has 13 heteroatoms. The first-order chi connectivity index (χ1) is 18.3. The lowest BCUT2D eigenvalue weighted by Gasteiger charge is -2.19. The minimum absolute atomic E-state index is 0.0357. The van der Waals surface area contributed by atoms with Crippen molar-refractivity contribution in [3.63, 3.8) is 0 Å². The van der Waals surface area contributed by atoms with Crippen LogP contribution in [0.4, 0.5) is 11.4 Å². The minimum atomic E-state index is -0.504. The summed E-state index contributed by atoms with van der Waals surface area (Å²) in [6.07, 6.45) is 2.65. The minimum Gasteiger partial charge on any atom is -0.497 e.